The molecule has 6 heteroatoms. The van der Waals surface area contributed by atoms with Crippen molar-refractivity contribution in [2.75, 3.05) is 12.3 Å². The molecule has 0 aliphatic heterocycles. The molecule has 1 unspecified atom stereocenters. The first-order valence-electron chi connectivity index (χ1n) is 6.25. The molecular weight excluding hydrogens is 254 g/mol. The molecule has 0 aromatic rings. The first-order chi connectivity index (χ1) is 8.06. The molecule has 0 rings (SSSR count). The Morgan fingerprint density at radius 2 is 1.89 bits per heavy atom. The normalized spacial score (nSPS) is 14.4. The Bertz CT molecular complexity index is 357. The van der Waals surface area contributed by atoms with Crippen LogP contribution in [-0.2, 0) is 14.8 Å². The van der Waals surface area contributed by atoms with Crippen LogP contribution in [0, 0.1) is 11.3 Å². The Kier molecular flexibility index (Phi) is 6.84. The average molecular weight is 279 g/mol. The van der Waals surface area contributed by atoms with Crippen LogP contribution in [0.1, 0.15) is 47.0 Å². The molecule has 18 heavy (non-hydrogen) atoms. The quantitative estimate of drug-likeness (QED) is 0.710. The lowest BCUT2D eigenvalue weighted by atomic mass is 9.94. The lowest BCUT2D eigenvalue weighted by Crippen LogP contribution is -2.33. The molecular formula is C12H25NO4S. The Morgan fingerprint density at radius 3 is 2.28 bits per heavy atom. The van der Waals surface area contributed by atoms with Gasteiger partial charge in [0.25, 0.3) is 0 Å². The van der Waals surface area contributed by atoms with E-state index in [1.54, 1.807) is 0 Å². The molecule has 0 amide bonds. The number of sulfonamides is 1. The summed E-state index contributed by atoms with van der Waals surface area (Å²) in [5.74, 6) is -0.956. The number of carbonyl (C=O) groups is 1. The summed E-state index contributed by atoms with van der Waals surface area (Å²) in [6.07, 6.45) is 1.23. The molecule has 0 saturated carbocycles. The van der Waals surface area contributed by atoms with Crippen LogP contribution in [-0.4, -0.2) is 31.8 Å². The minimum Gasteiger partial charge on any atom is -0.481 e. The highest BCUT2D eigenvalue weighted by Gasteiger charge is 2.19. The van der Waals surface area contributed by atoms with Gasteiger partial charge in [-0.2, -0.15) is 0 Å². The minimum atomic E-state index is -3.30. The highest BCUT2D eigenvalue weighted by atomic mass is 32.2. The predicted octanol–water partition coefficient (Wildman–Crippen LogP) is 1.84. The van der Waals surface area contributed by atoms with Gasteiger partial charge in [0.1, 0.15) is 0 Å². The molecule has 0 aromatic heterocycles. The fraction of sp³-hybridized carbons (Fsp3) is 0.917. The van der Waals surface area contributed by atoms with E-state index in [0.29, 0.717) is 12.8 Å². The van der Waals surface area contributed by atoms with Gasteiger partial charge in [-0.1, -0.05) is 34.1 Å². The van der Waals surface area contributed by atoms with Gasteiger partial charge in [-0.05, 0) is 17.8 Å². The van der Waals surface area contributed by atoms with Gasteiger partial charge in [-0.15, -0.1) is 0 Å². The number of nitrogens with one attached hydrogen (secondary N) is 1. The maximum atomic E-state index is 11.7. The summed E-state index contributed by atoms with van der Waals surface area (Å²) < 4.78 is 25.9. The number of hydrogen-bond donors (Lipinski definition) is 2. The summed E-state index contributed by atoms with van der Waals surface area (Å²) >= 11 is 0. The van der Waals surface area contributed by atoms with Gasteiger partial charge in [-0.25, -0.2) is 13.1 Å². The van der Waals surface area contributed by atoms with Crippen molar-refractivity contribution >= 4 is 16.0 Å². The SMILES string of the molecule is CCC(CNS(=O)(=O)CCC(C)(C)C)CC(=O)O. The Labute approximate surface area is 110 Å². The lowest BCUT2D eigenvalue weighted by molar-refractivity contribution is -0.138. The van der Waals surface area contributed by atoms with Crippen LogP contribution in [0.4, 0.5) is 0 Å². The molecule has 0 aliphatic carbocycles. The molecule has 5 nitrogen and oxygen atoms in total. The highest BCUT2D eigenvalue weighted by molar-refractivity contribution is 7.89. The van der Waals surface area contributed by atoms with E-state index >= 15 is 0 Å². The molecule has 0 fully saturated rings. The highest BCUT2D eigenvalue weighted by Crippen LogP contribution is 2.19. The van der Waals surface area contributed by atoms with Crippen molar-refractivity contribution in [2.45, 2.75) is 47.0 Å². The van der Waals surface area contributed by atoms with E-state index in [-0.39, 0.29) is 30.1 Å². The Balaban J connectivity index is 4.20. The van der Waals surface area contributed by atoms with Gasteiger partial charge < -0.3 is 5.11 Å². The summed E-state index contributed by atoms with van der Waals surface area (Å²) in [5.41, 5.74) is -0.0278. The third-order valence-electron chi connectivity index (χ3n) is 2.75. The number of carboxylic acid groups (broad SMARTS) is 1. The molecule has 0 radical (unpaired) electrons. The van der Waals surface area contributed by atoms with E-state index in [0.717, 1.165) is 0 Å². The zero-order valence-corrected chi connectivity index (χ0v) is 12.5. The zero-order chi connectivity index (χ0) is 14.4. The molecule has 1 atom stereocenters. The van der Waals surface area contributed by atoms with E-state index < -0.39 is 16.0 Å². The summed E-state index contributed by atoms with van der Waals surface area (Å²) in [6.45, 7) is 8.03. The maximum Gasteiger partial charge on any atom is 0.303 e. The first kappa shape index (κ1) is 17.4. The molecule has 0 saturated heterocycles. The largest absolute Gasteiger partial charge is 0.481 e. The van der Waals surface area contributed by atoms with Gasteiger partial charge >= 0.3 is 5.97 Å². The van der Waals surface area contributed by atoms with Crippen LogP contribution in [0.25, 0.3) is 0 Å². The van der Waals surface area contributed by atoms with Crippen molar-refractivity contribution in [3.05, 3.63) is 0 Å². The van der Waals surface area contributed by atoms with Crippen LogP contribution in [0.15, 0.2) is 0 Å². The fourth-order valence-corrected chi connectivity index (χ4v) is 2.88. The molecule has 0 aliphatic rings. The first-order valence-corrected chi connectivity index (χ1v) is 7.90. The van der Waals surface area contributed by atoms with Gasteiger partial charge in [0.05, 0.1) is 5.75 Å². The fourth-order valence-electron chi connectivity index (χ4n) is 1.37. The molecule has 0 aromatic carbocycles. The van der Waals surface area contributed by atoms with Crippen molar-refractivity contribution < 1.29 is 18.3 Å². The van der Waals surface area contributed by atoms with Crippen molar-refractivity contribution in [3.63, 3.8) is 0 Å². The Hall–Kier alpha value is -0.620. The van der Waals surface area contributed by atoms with Crippen molar-refractivity contribution in [1.29, 1.82) is 0 Å². The molecule has 2 N–H and O–H groups in total. The van der Waals surface area contributed by atoms with E-state index in [1.807, 2.05) is 27.7 Å². The smallest absolute Gasteiger partial charge is 0.303 e. The van der Waals surface area contributed by atoms with E-state index in [2.05, 4.69) is 4.72 Å². The monoisotopic (exact) mass is 279 g/mol. The number of rotatable bonds is 8. The minimum absolute atomic E-state index is 0.00170. The van der Waals surface area contributed by atoms with Gasteiger partial charge in [0, 0.05) is 13.0 Å². The molecule has 0 bridgehead atoms. The maximum absolute atomic E-state index is 11.7. The number of aliphatic carboxylic acids is 1. The van der Waals surface area contributed by atoms with Crippen LogP contribution >= 0.6 is 0 Å². The van der Waals surface area contributed by atoms with E-state index in [1.165, 1.54) is 0 Å². The van der Waals surface area contributed by atoms with Crippen LogP contribution in [0.3, 0.4) is 0 Å². The second-order valence-electron chi connectivity index (χ2n) is 5.85. The number of hydrogen-bond acceptors (Lipinski definition) is 3. The molecule has 0 heterocycles. The van der Waals surface area contributed by atoms with E-state index in [4.69, 9.17) is 5.11 Å². The summed E-state index contributed by atoms with van der Waals surface area (Å²) in [4.78, 5) is 10.6. The second kappa shape index (κ2) is 7.09. The third kappa shape index (κ3) is 9.41. The van der Waals surface area contributed by atoms with Crippen molar-refractivity contribution in [3.8, 4) is 0 Å². The standard InChI is InChI=1S/C12H25NO4S/c1-5-10(8-11(14)15)9-13-18(16,17)7-6-12(2,3)4/h10,13H,5-9H2,1-4H3,(H,14,15). The van der Waals surface area contributed by atoms with Crippen molar-refractivity contribution in [2.24, 2.45) is 11.3 Å². The van der Waals surface area contributed by atoms with Crippen LogP contribution < -0.4 is 4.72 Å². The summed E-state index contributed by atoms with van der Waals surface area (Å²) in [7, 11) is -3.30. The second-order valence-corrected chi connectivity index (χ2v) is 7.78. The van der Waals surface area contributed by atoms with Crippen LogP contribution in [0.5, 0.6) is 0 Å². The van der Waals surface area contributed by atoms with Crippen LogP contribution in [0.2, 0.25) is 0 Å². The average Bonchev–Trinajstić information content (AvgIpc) is 2.20. The predicted molar refractivity (Wildman–Crippen MR) is 71.9 cm³/mol. The summed E-state index contributed by atoms with van der Waals surface area (Å²) in [5, 5.41) is 8.68. The third-order valence-corrected chi connectivity index (χ3v) is 4.10. The Morgan fingerprint density at radius 1 is 1.33 bits per heavy atom. The van der Waals surface area contributed by atoms with Crippen molar-refractivity contribution in [1.82, 2.24) is 4.72 Å². The van der Waals surface area contributed by atoms with Gasteiger partial charge in [-0.3, -0.25) is 4.79 Å². The molecule has 108 valence electrons. The van der Waals surface area contributed by atoms with Gasteiger partial charge in [0.2, 0.25) is 10.0 Å². The topological polar surface area (TPSA) is 83.5 Å². The summed E-state index contributed by atoms with van der Waals surface area (Å²) in [6, 6.07) is 0. The molecule has 0 spiro atoms. The lowest BCUT2D eigenvalue weighted by Gasteiger charge is -2.19. The van der Waals surface area contributed by atoms with E-state index in [9.17, 15) is 13.2 Å². The zero-order valence-electron chi connectivity index (χ0n) is 11.7. The number of carboxylic acids is 1. The van der Waals surface area contributed by atoms with Gasteiger partial charge in [0.15, 0.2) is 0 Å².